The Morgan fingerprint density at radius 2 is 2.47 bits per heavy atom. The molecule has 0 bridgehead atoms. The van der Waals surface area contributed by atoms with Crippen molar-refractivity contribution in [2.45, 2.75) is 31.8 Å². The molecular weight excluding hydrogens is 196 g/mol. The maximum Gasteiger partial charge on any atom is 0.289 e. The molecule has 1 aliphatic rings. The normalized spacial score (nSPS) is 18.3. The smallest absolute Gasteiger partial charge is 0.289 e. The molecule has 0 spiro atoms. The Morgan fingerprint density at radius 3 is 2.93 bits per heavy atom. The van der Waals surface area contributed by atoms with Crippen molar-refractivity contribution in [2.24, 2.45) is 0 Å². The van der Waals surface area contributed by atoms with Crippen molar-refractivity contribution in [1.29, 1.82) is 0 Å². The lowest BCUT2D eigenvalue weighted by Gasteiger charge is -2.36. The Balaban J connectivity index is 1.90. The van der Waals surface area contributed by atoms with Crippen molar-refractivity contribution in [1.82, 2.24) is 10.3 Å². The first-order valence-corrected chi connectivity index (χ1v) is 5.01. The molecule has 5 heteroatoms. The lowest BCUT2D eigenvalue weighted by molar-refractivity contribution is -0.0302. The van der Waals surface area contributed by atoms with Gasteiger partial charge in [0.25, 0.3) is 5.91 Å². The molecule has 1 aliphatic carbocycles. The van der Waals surface area contributed by atoms with Crippen molar-refractivity contribution in [2.75, 3.05) is 6.54 Å². The van der Waals surface area contributed by atoms with Crippen LogP contribution in [0.15, 0.2) is 10.8 Å². The highest BCUT2D eigenvalue weighted by atomic mass is 16.3. The summed E-state index contributed by atoms with van der Waals surface area (Å²) in [5.74, 6) is -0.0942. The largest absolute Gasteiger partial charge is 0.438 e. The zero-order chi connectivity index (χ0) is 10.9. The van der Waals surface area contributed by atoms with Gasteiger partial charge in [-0.15, -0.1) is 0 Å². The van der Waals surface area contributed by atoms with Crippen LogP contribution < -0.4 is 5.32 Å². The number of carbonyl (C=O) groups is 1. The molecule has 1 saturated carbocycles. The summed E-state index contributed by atoms with van der Waals surface area (Å²) in [6.07, 6.45) is 3.77. The first-order chi connectivity index (χ1) is 7.11. The fraction of sp³-hybridized carbons (Fsp3) is 0.600. The van der Waals surface area contributed by atoms with E-state index in [0.717, 1.165) is 19.3 Å². The van der Waals surface area contributed by atoms with Crippen molar-refractivity contribution < 1.29 is 14.3 Å². The number of oxazole rings is 1. The standard InChI is InChI=1S/C10H14N2O3/c1-7-8(15-6-12-7)9(13)11-5-10(14)3-2-4-10/h6,14H,2-5H2,1H3,(H,11,13). The van der Waals surface area contributed by atoms with Crippen LogP contribution in [-0.2, 0) is 0 Å². The van der Waals surface area contributed by atoms with Gasteiger partial charge in [-0.1, -0.05) is 0 Å². The van der Waals surface area contributed by atoms with E-state index in [2.05, 4.69) is 10.3 Å². The first-order valence-electron chi connectivity index (χ1n) is 5.01. The van der Waals surface area contributed by atoms with Gasteiger partial charge < -0.3 is 14.8 Å². The molecule has 5 nitrogen and oxygen atoms in total. The maximum absolute atomic E-state index is 11.6. The number of aryl methyl sites for hydroxylation is 1. The minimum atomic E-state index is -0.705. The van der Waals surface area contributed by atoms with Crippen molar-refractivity contribution >= 4 is 5.91 Å². The molecule has 1 heterocycles. The molecule has 15 heavy (non-hydrogen) atoms. The summed E-state index contributed by atoms with van der Waals surface area (Å²) in [6, 6.07) is 0. The molecule has 0 saturated heterocycles. The number of amides is 1. The zero-order valence-corrected chi connectivity index (χ0v) is 8.62. The number of nitrogens with one attached hydrogen (secondary N) is 1. The molecule has 82 valence electrons. The van der Waals surface area contributed by atoms with E-state index in [1.54, 1.807) is 6.92 Å². The average molecular weight is 210 g/mol. The predicted octanol–water partition coefficient (Wildman–Crippen LogP) is 0.628. The highest BCUT2D eigenvalue weighted by molar-refractivity contribution is 5.92. The molecule has 0 aromatic carbocycles. The van der Waals surface area contributed by atoms with E-state index in [9.17, 15) is 9.90 Å². The average Bonchev–Trinajstić information content (AvgIpc) is 2.58. The van der Waals surface area contributed by atoms with E-state index >= 15 is 0 Å². The lowest BCUT2D eigenvalue weighted by atomic mass is 9.80. The van der Waals surface area contributed by atoms with Gasteiger partial charge >= 0.3 is 0 Å². The van der Waals surface area contributed by atoms with E-state index in [0.29, 0.717) is 5.69 Å². The van der Waals surface area contributed by atoms with Crippen LogP contribution in [0.5, 0.6) is 0 Å². The minimum absolute atomic E-state index is 0.220. The Morgan fingerprint density at radius 1 is 1.73 bits per heavy atom. The molecule has 2 rings (SSSR count). The Bertz CT molecular complexity index is 368. The molecule has 0 radical (unpaired) electrons. The molecule has 0 aliphatic heterocycles. The second-order valence-corrected chi connectivity index (χ2v) is 4.03. The predicted molar refractivity (Wildman–Crippen MR) is 52.4 cm³/mol. The summed E-state index contributed by atoms with van der Waals surface area (Å²) in [5, 5.41) is 12.4. The van der Waals surface area contributed by atoms with Gasteiger partial charge in [0, 0.05) is 6.54 Å². The molecule has 1 amide bonds. The van der Waals surface area contributed by atoms with Gasteiger partial charge in [-0.05, 0) is 26.2 Å². The number of hydrogen-bond acceptors (Lipinski definition) is 4. The third kappa shape index (κ3) is 2.02. The van der Waals surface area contributed by atoms with Crippen LogP contribution in [0.3, 0.4) is 0 Å². The van der Waals surface area contributed by atoms with Gasteiger partial charge in [-0.25, -0.2) is 4.98 Å². The van der Waals surface area contributed by atoms with Crippen molar-refractivity contribution in [3.63, 3.8) is 0 Å². The van der Waals surface area contributed by atoms with Crippen LogP contribution >= 0.6 is 0 Å². The van der Waals surface area contributed by atoms with Gasteiger partial charge in [-0.3, -0.25) is 4.79 Å². The Labute approximate surface area is 87.5 Å². The quantitative estimate of drug-likeness (QED) is 0.767. The maximum atomic E-state index is 11.6. The lowest BCUT2D eigenvalue weighted by Crippen LogP contribution is -2.47. The summed E-state index contributed by atoms with van der Waals surface area (Å²) in [4.78, 5) is 15.4. The molecule has 1 aromatic heterocycles. The fourth-order valence-electron chi connectivity index (χ4n) is 1.61. The molecule has 2 N–H and O–H groups in total. The van der Waals surface area contributed by atoms with Crippen LogP contribution in [0.25, 0.3) is 0 Å². The second-order valence-electron chi connectivity index (χ2n) is 4.03. The van der Waals surface area contributed by atoms with Crippen LogP contribution in [0.1, 0.15) is 35.5 Å². The highest BCUT2D eigenvalue weighted by Gasteiger charge is 2.34. The highest BCUT2D eigenvalue weighted by Crippen LogP contribution is 2.30. The van der Waals surface area contributed by atoms with Crippen molar-refractivity contribution in [3.05, 3.63) is 17.8 Å². The molecular formula is C10H14N2O3. The minimum Gasteiger partial charge on any atom is -0.438 e. The van der Waals surface area contributed by atoms with Crippen molar-refractivity contribution in [3.8, 4) is 0 Å². The van der Waals surface area contributed by atoms with Gasteiger partial charge in [0.05, 0.1) is 11.3 Å². The van der Waals surface area contributed by atoms with E-state index in [1.807, 2.05) is 0 Å². The first kappa shape index (κ1) is 10.2. The Hall–Kier alpha value is -1.36. The van der Waals surface area contributed by atoms with E-state index in [1.165, 1.54) is 6.39 Å². The van der Waals surface area contributed by atoms with E-state index in [4.69, 9.17) is 4.42 Å². The van der Waals surface area contributed by atoms with E-state index < -0.39 is 5.60 Å². The SMILES string of the molecule is Cc1ncoc1C(=O)NCC1(O)CCC1. The summed E-state index contributed by atoms with van der Waals surface area (Å²) >= 11 is 0. The topological polar surface area (TPSA) is 75.4 Å². The van der Waals surface area contributed by atoms with Crippen LogP contribution in [-0.4, -0.2) is 28.1 Å². The van der Waals surface area contributed by atoms with Gasteiger partial charge in [0.2, 0.25) is 5.76 Å². The summed E-state index contributed by atoms with van der Waals surface area (Å²) in [5.41, 5.74) is -0.142. The number of carbonyl (C=O) groups excluding carboxylic acids is 1. The number of aliphatic hydroxyl groups is 1. The molecule has 1 aromatic rings. The number of hydrogen-bond donors (Lipinski definition) is 2. The van der Waals surface area contributed by atoms with Gasteiger partial charge in [0.1, 0.15) is 0 Å². The van der Waals surface area contributed by atoms with Crippen LogP contribution in [0.2, 0.25) is 0 Å². The monoisotopic (exact) mass is 210 g/mol. The second kappa shape index (κ2) is 3.66. The fourth-order valence-corrected chi connectivity index (χ4v) is 1.61. The summed E-state index contributed by atoms with van der Waals surface area (Å²) in [7, 11) is 0. The molecule has 0 unspecified atom stereocenters. The zero-order valence-electron chi connectivity index (χ0n) is 8.62. The number of nitrogens with zero attached hydrogens (tertiary/aromatic N) is 1. The third-order valence-electron chi connectivity index (χ3n) is 2.81. The third-order valence-corrected chi connectivity index (χ3v) is 2.81. The molecule has 1 fully saturated rings. The summed E-state index contributed by atoms with van der Waals surface area (Å²) in [6.45, 7) is 1.99. The van der Waals surface area contributed by atoms with Gasteiger partial charge in [0.15, 0.2) is 6.39 Å². The molecule has 0 atom stereocenters. The number of aromatic nitrogens is 1. The van der Waals surface area contributed by atoms with E-state index in [-0.39, 0.29) is 18.2 Å². The van der Waals surface area contributed by atoms with Gasteiger partial charge in [-0.2, -0.15) is 0 Å². The Kier molecular flexibility index (Phi) is 2.48. The number of rotatable bonds is 3. The van der Waals surface area contributed by atoms with Crippen LogP contribution in [0, 0.1) is 6.92 Å². The van der Waals surface area contributed by atoms with Crippen LogP contribution in [0.4, 0.5) is 0 Å². The summed E-state index contributed by atoms with van der Waals surface area (Å²) < 4.78 is 4.94.